The fourth-order valence-corrected chi connectivity index (χ4v) is 3.92. The zero-order chi connectivity index (χ0) is 17.1. The molecular formula is C17H22ClN3O3S. The van der Waals surface area contributed by atoms with Gasteiger partial charge in [-0.15, -0.1) is 12.4 Å². The summed E-state index contributed by atoms with van der Waals surface area (Å²) in [5.74, 6) is -0.00920. The third-order valence-electron chi connectivity index (χ3n) is 4.52. The lowest BCUT2D eigenvalue weighted by atomic mass is 10.0. The molecule has 2 N–H and O–H groups in total. The fraction of sp³-hybridized carbons (Fsp3) is 0.471. The van der Waals surface area contributed by atoms with Crippen molar-refractivity contribution in [2.45, 2.75) is 31.8 Å². The van der Waals surface area contributed by atoms with Gasteiger partial charge in [-0.25, -0.2) is 0 Å². The van der Waals surface area contributed by atoms with Gasteiger partial charge in [0.05, 0.1) is 12.3 Å². The summed E-state index contributed by atoms with van der Waals surface area (Å²) in [7, 11) is 0. The van der Waals surface area contributed by atoms with Crippen LogP contribution in [0.25, 0.3) is 0 Å². The molecule has 1 atom stereocenters. The summed E-state index contributed by atoms with van der Waals surface area (Å²) < 4.78 is 0. The summed E-state index contributed by atoms with van der Waals surface area (Å²) in [6, 6.07) is 7.26. The van der Waals surface area contributed by atoms with Gasteiger partial charge in [0.2, 0.25) is 5.91 Å². The standard InChI is InChI=1S/C17H21N3O3S.ClH/c18-9-14-6-1-2-7-19(14)16(22)13-5-3-4-12(8-13)10-20-15(21)11-24-17(20)23;/h3-5,8,14H,1-2,6-7,9-11,18H2;1H. The third-order valence-corrected chi connectivity index (χ3v) is 5.37. The molecule has 0 spiro atoms. The van der Waals surface area contributed by atoms with E-state index < -0.39 is 0 Å². The minimum Gasteiger partial charge on any atom is -0.334 e. The number of halogens is 1. The van der Waals surface area contributed by atoms with E-state index in [1.54, 1.807) is 18.2 Å². The number of carbonyl (C=O) groups is 3. The highest BCUT2D eigenvalue weighted by Gasteiger charge is 2.30. The molecule has 1 aromatic rings. The lowest BCUT2D eigenvalue weighted by Crippen LogP contribution is -2.47. The first-order valence-electron chi connectivity index (χ1n) is 8.17. The molecule has 2 fully saturated rings. The molecule has 2 aliphatic rings. The summed E-state index contributed by atoms with van der Waals surface area (Å²) in [4.78, 5) is 39.3. The van der Waals surface area contributed by atoms with Crippen LogP contribution in [0.5, 0.6) is 0 Å². The van der Waals surface area contributed by atoms with Crippen LogP contribution in [0.3, 0.4) is 0 Å². The van der Waals surface area contributed by atoms with Gasteiger partial charge in [-0.2, -0.15) is 0 Å². The number of benzene rings is 1. The van der Waals surface area contributed by atoms with Crippen LogP contribution in [0.1, 0.15) is 35.2 Å². The number of thioether (sulfide) groups is 1. The van der Waals surface area contributed by atoms with E-state index in [0.717, 1.165) is 43.1 Å². The van der Waals surface area contributed by atoms with Gasteiger partial charge in [0.15, 0.2) is 0 Å². The van der Waals surface area contributed by atoms with Gasteiger partial charge in [0.25, 0.3) is 11.1 Å². The minimum absolute atomic E-state index is 0. The highest BCUT2D eigenvalue weighted by atomic mass is 35.5. The van der Waals surface area contributed by atoms with E-state index in [4.69, 9.17) is 5.73 Å². The minimum atomic E-state index is -0.226. The van der Waals surface area contributed by atoms with Crippen LogP contribution in [0.2, 0.25) is 0 Å². The Kier molecular flexibility index (Phi) is 6.87. The second-order valence-corrected chi connectivity index (χ2v) is 7.05. The number of nitrogens with two attached hydrogens (primary N) is 1. The van der Waals surface area contributed by atoms with Crippen LogP contribution in [0, 0.1) is 0 Å². The van der Waals surface area contributed by atoms with Gasteiger partial charge in [-0.1, -0.05) is 23.9 Å². The van der Waals surface area contributed by atoms with E-state index in [0.29, 0.717) is 12.1 Å². The highest BCUT2D eigenvalue weighted by molar-refractivity contribution is 8.14. The number of likely N-dealkylation sites (tertiary alicyclic amines) is 1. The number of hydrogen-bond acceptors (Lipinski definition) is 5. The molecule has 2 saturated heterocycles. The van der Waals surface area contributed by atoms with Crippen molar-refractivity contribution in [3.63, 3.8) is 0 Å². The first kappa shape index (κ1) is 19.8. The first-order chi connectivity index (χ1) is 11.6. The molecule has 0 aromatic heterocycles. The van der Waals surface area contributed by atoms with E-state index in [1.807, 2.05) is 11.0 Å². The normalized spacial score (nSPS) is 20.6. The van der Waals surface area contributed by atoms with E-state index >= 15 is 0 Å². The Morgan fingerprint density at radius 2 is 2.08 bits per heavy atom. The smallest absolute Gasteiger partial charge is 0.289 e. The van der Waals surface area contributed by atoms with E-state index in [2.05, 4.69) is 0 Å². The maximum absolute atomic E-state index is 12.8. The third kappa shape index (κ3) is 4.34. The average molecular weight is 384 g/mol. The van der Waals surface area contributed by atoms with Gasteiger partial charge in [0, 0.05) is 24.7 Å². The quantitative estimate of drug-likeness (QED) is 0.862. The Labute approximate surface area is 157 Å². The molecule has 1 unspecified atom stereocenters. The molecule has 0 aliphatic carbocycles. The number of carbonyl (C=O) groups excluding carboxylic acids is 3. The first-order valence-corrected chi connectivity index (χ1v) is 9.16. The van der Waals surface area contributed by atoms with Crippen LogP contribution in [0.15, 0.2) is 24.3 Å². The monoisotopic (exact) mass is 383 g/mol. The number of nitrogens with zero attached hydrogens (tertiary/aromatic N) is 2. The molecule has 3 amide bonds. The summed E-state index contributed by atoms with van der Waals surface area (Å²) in [5.41, 5.74) is 7.17. The molecule has 3 rings (SSSR count). The van der Waals surface area contributed by atoms with Crippen molar-refractivity contribution in [2.24, 2.45) is 5.73 Å². The molecule has 0 bridgehead atoms. The van der Waals surface area contributed by atoms with Gasteiger partial charge in [-0.05, 0) is 37.0 Å². The molecular weight excluding hydrogens is 362 g/mol. The number of hydrogen-bond donors (Lipinski definition) is 1. The molecule has 1 aromatic carbocycles. The van der Waals surface area contributed by atoms with E-state index in [9.17, 15) is 14.4 Å². The lowest BCUT2D eigenvalue weighted by molar-refractivity contribution is -0.125. The SMILES string of the molecule is Cl.NCC1CCCCN1C(=O)c1cccc(CN2C(=O)CSC2=O)c1. The second kappa shape index (κ2) is 8.69. The topological polar surface area (TPSA) is 83.7 Å². The van der Waals surface area contributed by atoms with Crippen LogP contribution < -0.4 is 5.73 Å². The maximum atomic E-state index is 12.8. The van der Waals surface area contributed by atoms with Crippen molar-refractivity contribution in [2.75, 3.05) is 18.8 Å². The second-order valence-electron chi connectivity index (χ2n) is 6.12. The zero-order valence-electron chi connectivity index (χ0n) is 13.8. The molecule has 25 heavy (non-hydrogen) atoms. The Morgan fingerprint density at radius 3 is 2.76 bits per heavy atom. The Bertz CT molecular complexity index is 654. The predicted molar refractivity (Wildman–Crippen MR) is 99.8 cm³/mol. The number of imide groups is 1. The zero-order valence-corrected chi connectivity index (χ0v) is 15.5. The number of rotatable bonds is 4. The molecule has 8 heteroatoms. The number of amides is 3. The molecule has 0 saturated carbocycles. The van der Waals surface area contributed by atoms with Crippen molar-refractivity contribution in [1.82, 2.24) is 9.80 Å². The summed E-state index contributed by atoms with van der Waals surface area (Å²) in [6.45, 7) is 1.41. The summed E-state index contributed by atoms with van der Waals surface area (Å²) in [6.07, 6.45) is 3.04. The van der Waals surface area contributed by atoms with Crippen LogP contribution in [0.4, 0.5) is 4.79 Å². The molecule has 2 aliphatic heterocycles. The van der Waals surface area contributed by atoms with Gasteiger partial charge in [0.1, 0.15) is 0 Å². The summed E-state index contributed by atoms with van der Waals surface area (Å²) >= 11 is 1.02. The van der Waals surface area contributed by atoms with Gasteiger partial charge < -0.3 is 10.6 Å². The summed E-state index contributed by atoms with van der Waals surface area (Å²) in [5, 5.41) is -0.226. The molecule has 0 radical (unpaired) electrons. The van der Waals surface area contributed by atoms with E-state index in [1.165, 1.54) is 4.90 Å². The Balaban J connectivity index is 0.00000225. The van der Waals surface area contributed by atoms with Crippen LogP contribution in [-0.2, 0) is 11.3 Å². The van der Waals surface area contributed by atoms with Crippen LogP contribution >= 0.6 is 24.2 Å². The van der Waals surface area contributed by atoms with Crippen molar-refractivity contribution in [3.8, 4) is 0 Å². The lowest BCUT2D eigenvalue weighted by Gasteiger charge is -2.35. The van der Waals surface area contributed by atoms with Gasteiger partial charge in [-0.3, -0.25) is 19.3 Å². The molecule has 6 nitrogen and oxygen atoms in total. The van der Waals surface area contributed by atoms with Crippen molar-refractivity contribution in [1.29, 1.82) is 0 Å². The van der Waals surface area contributed by atoms with Crippen molar-refractivity contribution < 1.29 is 14.4 Å². The average Bonchev–Trinajstić information content (AvgIpc) is 2.93. The van der Waals surface area contributed by atoms with Crippen molar-refractivity contribution >= 4 is 41.2 Å². The largest absolute Gasteiger partial charge is 0.334 e. The fourth-order valence-electron chi connectivity index (χ4n) is 3.20. The van der Waals surface area contributed by atoms with Crippen LogP contribution in [-0.4, -0.2) is 51.7 Å². The predicted octanol–water partition coefficient (Wildman–Crippen LogP) is 2.26. The molecule has 2 heterocycles. The Morgan fingerprint density at radius 1 is 1.28 bits per heavy atom. The highest BCUT2D eigenvalue weighted by Crippen LogP contribution is 2.23. The van der Waals surface area contributed by atoms with E-state index in [-0.39, 0.29) is 47.8 Å². The molecule has 136 valence electrons. The van der Waals surface area contributed by atoms with Gasteiger partial charge >= 0.3 is 0 Å². The number of piperidine rings is 1. The van der Waals surface area contributed by atoms with Crippen molar-refractivity contribution in [3.05, 3.63) is 35.4 Å². The maximum Gasteiger partial charge on any atom is 0.289 e. The Hall–Kier alpha value is -1.57.